The topological polar surface area (TPSA) is 76.1 Å². The van der Waals surface area contributed by atoms with Crippen molar-refractivity contribution in [1.82, 2.24) is 4.90 Å². The Labute approximate surface area is 197 Å². The highest BCUT2D eigenvalue weighted by molar-refractivity contribution is 9.10. The van der Waals surface area contributed by atoms with Gasteiger partial charge in [0.15, 0.2) is 0 Å². The van der Waals surface area contributed by atoms with Crippen LogP contribution in [0.15, 0.2) is 52.5 Å². The maximum Gasteiger partial charge on any atom is 0.295 e. The van der Waals surface area contributed by atoms with Crippen LogP contribution in [0.2, 0.25) is 0 Å². The molecular formula is C25H28BrNO5. The number of benzene rings is 2. The summed E-state index contributed by atoms with van der Waals surface area (Å²) < 4.78 is 11.7. The van der Waals surface area contributed by atoms with Gasteiger partial charge in [0.25, 0.3) is 11.7 Å². The van der Waals surface area contributed by atoms with Crippen LogP contribution in [0.5, 0.6) is 5.75 Å². The van der Waals surface area contributed by atoms with Crippen molar-refractivity contribution in [2.24, 2.45) is 5.92 Å². The summed E-state index contributed by atoms with van der Waals surface area (Å²) in [4.78, 5) is 27.3. The molecule has 2 aromatic carbocycles. The molecule has 0 bridgehead atoms. The third kappa shape index (κ3) is 5.05. The molecule has 32 heavy (non-hydrogen) atoms. The van der Waals surface area contributed by atoms with Crippen molar-refractivity contribution in [3.63, 3.8) is 0 Å². The second-order valence-corrected chi connectivity index (χ2v) is 9.14. The molecule has 1 atom stereocenters. The summed E-state index contributed by atoms with van der Waals surface area (Å²) in [5.41, 5.74) is 2.04. The quantitative estimate of drug-likeness (QED) is 0.317. The maximum atomic E-state index is 13.0. The van der Waals surface area contributed by atoms with E-state index in [-0.39, 0.29) is 24.5 Å². The molecule has 0 radical (unpaired) electrons. The van der Waals surface area contributed by atoms with Crippen molar-refractivity contribution >= 4 is 33.4 Å². The first-order chi connectivity index (χ1) is 15.2. The van der Waals surface area contributed by atoms with Crippen LogP contribution in [-0.2, 0) is 14.3 Å². The van der Waals surface area contributed by atoms with E-state index in [4.69, 9.17) is 9.47 Å². The number of aliphatic hydroxyl groups is 1. The van der Waals surface area contributed by atoms with Crippen LogP contribution in [0.1, 0.15) is 36.6 Å². The molecule has 0 aliphatic carbocycles. The second kappa shape index (κ2) is 10.3. The summed E-state index contributed by atoms with van der Waals surface area (Å²) in [7, 11) is 1.54. The maximum absolute atomic E-state index is 13.0. The van der Waals surface area contributed by atoms with Crippen LogP contribution in [0.3, 0.4) is 0 Å². The smallest absolute Gasteiger partial charge is 0.295 e. The SMILES string of the molecule is COCCN1C(=O)C(=O)/C(=C(/O)c2ccc(OCC(C)C)cc2C)[C@H]1c1cccc(Br)c1. The summed E-state index contributed by atoms with van der Waals surface area (Å²) in [5, 5.41) is 11.2. The zero-order valence-corrected chi connectivity index (χ0v) is 20.3. The molecular weight excluding hydrogens is 474 g/mol. The van der Waals surface area contributed by atoms with E-state index >= 15 is 0 Å². The van der Waals surface area contributed by atoms with E-state index < -0.39 is 17.7 Å². The lowest BCUT2D eigenvalue weighted by atomic mass is 9.94. The molecule has 1 N–H and O–H groups in total. The Kier molecular flexibility index (Phi) is 7.74. The fourth-order valence-corrected chi connectivity index (χ4v) is 4.14. The second-order valence-electron chi connectivity index (χ2n) is 8.22. The number of aliphatic hydroxyl groups excluding tert-OH is 1. The summed E-state index contributed by atoms with van der Waals surface area (Å²) in [6.07, 6.45) is 0. The molecule has 1 saturated heterocycles. The third-order valence-electron chi connectivity index (χ3n) is 5.28. The van der Waals surface area contributed by atoms with E-state index in [0.717, 1.165) is 15.6 Å². The fraction of sp³-hybridized carbons (Fsp3) is 0.360. The molecule has 1 heterocycles. The number of carbonyl (C=O) groups excluding carboxylic acids is 2. The number of carbonyl (C=O) groups is 2. The Hall–Kier alpha value is -2.64. The van der Waals surface area contributed by atoms with E-state index in [2.05, 4.69) is 29.8 Å². The lowest BCUT2D eigenvalue weighted by Gasteiger charge is -2.25. The number of rotatable bonds is 8. The normalized spacial score (nSPS) is 17.9. The van der Waals surface area contributed by atoms with Gasteiger partial charge in [0.05, 0.1) is 24.8 Å². The first-order valence-electron chi connectivity index (χ1n) is 10.5. The highest BCUT2D eigenvalue weighted by Gasteiger charge is 2.46. The Morgan fingerprint density at radius 3 is 2.56 bits per heavy atom. The zero-order chi connectivity index (χ0) is 23.4. The van der Waals surface area contributed by atoms with Crippen LogP contribution >= 0.6 is 15.9 Å². The van der Waals surface area contributed by atoms with Crippen LogP contribution < -0.4 is 4.74 Å². The molecule has 1 fully saturated rings. The van der Waals surface area contributed by atoms with E-state index in [9.17, 15) is 14.7 Å². The number of halogens is 1. The zero-order valence-electron chi connectivity index (χ0n) is 18.7. The van der Waals surface area contributed by atoms with Crippen LogP contribution in [-0.4, -0.2) is 48.6 Å². The van der Waals surface area contributed by atoms with Crippen LogP contribution in [0.4, 0.5) is 0 Å². The number of ketones is 1. The number of Topliss-reactive ketones (excluding diaryl/α,β-unsaturated/α-hetero) is 1. The van der Waals surface area contributed by atoms with E-state index in [0.29, 0.717) is 23.8 Å². The van der Waals surface area contributed by atoms with Gasteiger partial charge in [0.2, 0.25) is 0 Å². The standard InChI is InChI=1S/C25H28BrNO5/c1-15(2)14-32-19-8-9-20(16(3)12-19)23(28)21-22(17-6-5-7-18(26)13-17)27(10-11-31-4)25(30)24(21)29/h5-9,12-13,15,22,28H,10-11,14H2,1-4H3/b23-21+/t22-/m1/s1. The Morgan fingerprint density at radius 2 is 1.94 bits per heavy atom. The van der Waals surface area contributed by atoms with Gasteiger partial charge < -0.3 is 19.5 Å². The Balaban J connectivity index is 2.09. The molecule has 7 heteroatoms. The molecule has 170 valence electrons. The van der Waals surface area contributed by atoms with Gasteiger partial charge in [-0.05, 0) is 54.3 Å². The van der Waals surface area contributed by atoms with Gasteiger partial charge in [0, 0.05) is 23.7 Å². The first-order valence-corrected chi connectivity index (χ1v) is 11.3. The minimum absolute atomic E-state index is 0.0724. The van der Waals surface area contributed by atoms with Crippen molar-refractivity contribution in [2.75, 3.05) is 26.9 Å². The number of amides is 1. The molecule has 3 rings (SSSR count). The monoisotopic (exact) mass is 501 g/mol. The van der Waals surface area contributed by atoms with Crippen molar-refractivity contribution < 1.29 is 24.2 Å². The average molecular weight is 502 g/mol. The van der Waals surface area contributed by atoms with E-state index in [1.165, 1.54) is 12.0 Å². The van der Waals surface area contributed by atoms with Crippen molar-refractivity contribution in [3.8, 4) is 5.75 Å². The van der Waals surface area contributed by atoms with Crippen LogP contribution in [0.25, 0.3) is 5.76 Å². The number of hydrogen-bond acceptors (Lipinski definition) is 5. The molecule has 0 saturated carbocycles. The predicted octanol–water partition coefficient (Wildman–Crippen LogP) is 4.86. The van der Waals surface area contributed by atoms with Gasteiger partial charge >= 0.3 is 0 Å². The molecule has 0 spiro atoms. The number of aryl methyl sites for hydroxylation is 1. The largest absolute Gasteiger partial charge is 0.507 e. The highest BCUT2D eigenvalue weighted by Crippen LogP contribution is 2.40. The molecule has 2 aromatic rings. The summed E-state index contributed by atoms with van der Waals surface area (Å²) in [6, 6.07) is 12.0. The fourth-order valence-electron chi connectivity index (χ4n) is 3.72. The molecule has 1 aliphatic heterocycles. The minimum atomic E-state index is -0.709. The Morgan fingerprint density at radius 1 is 1.19 bits per heavy atom. The van der Waals surface area contributed by atoms with Gasteiger partial charge in [0.1, 0.15) is 11.5 Å². The number of ether oxygens (including phenoxy) is 2. The van der Waals surface area contributed by atoms with Gasteiger partial charge in [-0.25, -0.2) is 0 Å². The Bertz CT molecular complexity index is 1050. The number of methoxy groups -OCH3 is 1. The molecule has 0 unspecified atom stereocenters. The van der Waals surface area contributed by atoms with Crippen molar-refractivity contribution in [2.45, 2.75) is 26.8 Å². The first kappa shape index (κ1) is 24.0. The number of hydrogen-bond donors (Lipinski definition) is 1. The van der Waals surface area contributed by atoms with Crippen LogP contribution in [0, 0.1) is 12.8 Å². The molecule has 0 aromatic heterocycles. The minimum Gasteiger partial charge on any atom is -0.507 e. The highest BCUT2D eigenvalue weighted by atomic mass is 79.9. The summed E-state index contributed by atoms with van der Waals surface area (Å²) in [6.45, 7) is 7.06. The lowest BCUT2D eigenvalue weighted by Crippen LogP contribution is -2.32. The van der Waals surface area contributed by atoms with Gasteiger partial charge in [-0.2, -0.15) is 0 Å². The summed E-state index contributed by atoms with van der Waals surface area (Å²) >= 11 is 3.45. The summed E-state index contributed by atoms with van der Waals surface area (Å²) in [5.74, 6) is -0.471. The predicted molar refractivity (Wildman–Crippen MR) is 127 cm³/mol. The van der Waals surface area contributed by atoms with E-state index in [1.807, 2.05) is 37.3 Å². The number of likely N-dealkylation sites (tertiary alicyclic amines) is 1. The van der Waals surface area contributed by atoms with Gasteiger partial charge in [-0.1, -0.05) is 41.9 Å². The van der Waals surface area contributed by atoms with Gasteiger partial charge in [-0.15, -0.1) is 0 Å². The molecule has 1 aliphatic rings. The third-order valence-corrected chi connectivity index (χ3v) is 5.77. The lowest BCUT2D eigenvalue weighted by molar-refractivity contribution is -0.140. The van der Waals surface area contributed by atoms with Gasteiger partial charge in [-0.3, -0.25) is 9.59 Å². The van der Waals surface area contributed by atoms with E-state index in [1.54, 1.807) is 12.1 Å². The molecule has 1 amide bonds. The average Bonchev–Trinajstić information content (AvgIpc) is 3.00. The van der Waals surface area contributed by atoms with Crippen molar-refractivity contribution in [3.05, 3.63) is 69.2 Å². The molecule has 6 nitrogen and oxygen atoms in total. The van der Waals surface area contributed by atoms with Crippen molar-refractivity contribution in [1.29, 1.82) is 0 Å². The number of nitrogens with zero attached hydrogens (tertiary/aromatic N) is 1.